The molecule has 340 valence electrons. The van der Waals surface area contributed by atoms with Crippen LogP contribution in [0.5, 0.6) is 0 Å². The number of hydrogen-bond donors (Lipinski definition) is 4. The monoisotopic (exact) mass is 901 g/mol. The molecule has 4 N–H and O–H groups in total. The van der Waals surface area contributed by atoms with Crippen molar-refractivity contribution < 1.29 is 32.3 Å². The van der Waals surface area contributed by atoms with Crippen LogP contribution in [0.1, 0.15) is 101 Å². The highest BCUT2D eigenvalue weighted by Gasteiger charge is 2.71. The zero-order valence-electron chi connectivity index (χ0n) is 37.6. The Bertz CT molecular complexity index is 3160. The van der Waals surface area contributed by atoms with Gasteiger partial charge in [-0.2, -0.15) is 0 Å². The Kier molecular flexibility index (Phi) is 8.31. The molecular weight excluding hydrogens is 853 g/mol. The molecule has 6 aromatic rings. The summed E-state index contributed by atoms with van der Waals surface area (Å²) in [7, 11) is 0. The number of likely N-dealkylation sites (tertiary alicyclic amines) is 1. The lowest BCUT2D eigenvalue weighted by atomic mass is 9.65. The summed E-state index contributed by atoms with van der Waals surface area (Å²) in [6.45, 7) is 8.29. The van der Waals surface area contributed by atoms with Gasteiger partial charge in [0.25, 0.3) is 11.8 Å². The Labute approximate surface area is 385 Å². The van der Waals surface area contributed by atoms with Gasteiger partial charge in [-0.15, -0.1) is 0 Å². The zero-order valence-corrected chi connectivity index (χ0v) is 37.6. The van der Waals surface area contributed by atoms with Crippen molar-refractivity contribution in [2.75, 3.05) is 26.2 Å². The van der Waals surface area contributed by atoms with Crippen LogP contribution in [0.25, 0.3) is 45.1 Å². The second kappa shape index (κ2) is 13.7. The van der Waals surface area contributed by atoms with Gasteiger partial charge >= 0.3 is 6.09 Å². The molecule has 4 spiro atoms. The number of nitrogens with zero attached hydrogens (tertiary/aromatic N) is 3. The fourth-order valence-corrected chi connectivity index (χ4v) is 12.2. The predicted molar refractivity (Wildman–Crippen MR) is 244 cm³/mol. The number of halogens is 2. The third-order valence-electron chi connectivity index (χ3n) is 16.0. The van der Waals surface area contributed by atoms with Crippen molar-refractivity contribution in [1.29, 1.82) is 0 Å². The van der Waals surface area contributed by atoms with E-state index in [-0.39, 0.29) is 51.4 Å². The zero-order chi connectivity index (χ0) is 45.8. The van der Waals surface area contributed by atoms with E-state index in [0.717, 1.165) is 137 Å². The van der Waals surface area contributed by atoms with Crippen LogP contribution in [-0.4, -0.2) is 80.6 Å². The highest BCUT2D eigenvalue weighted by Crippen LogP contribution is 2.61. The molecule has 8 heterocycles. The van der Waals surface area contributed by atoms with Gasteiger partial charge in [-0.25, -0.2) is 13.6 Å². The molecule has 3 amide bonds. The molecule has 12 nitrogen and oxygen atoms in total. The maximum absolute atomic E-state index is 13.9. The largest absolute Gasteiger partial charge is 0.459 e. The van der Waals surface area contributed by atoms with E-state index < -0.39 is 5.60 Å². The number of hydrogen-bond acceptors (Lipinski definition) is 8. The van der Waals surface area contributed by atoms with E-state index in [4.69, 9.17) is 9.15 Å². The van der Waals surface area contributed by atoms with Gasteiger partial charge in [0.15, 0.2) is 0 Å². The van der Waals surface area contributed by atoms with Crippen LogP contribution in [0, 0.1) is 11.6 Å². The fourth-order valence-electron chi connectivity index (χ4n) is 12.2. The molecule has 4 aromatic heterocycles. The first-order chi connectivity index (χ1) is 32.2. The van der Waals surface area contributed by atoms with Gasteiger partial charge in [-0.1, -0.05) is 24.3 Å². The molecule has 2 saturated heterocycles. The minimum atomic E-state index is -0.564. The smallest absolute Gasteiger partial charge is 0.410 e. The van der Waals surface area contributed by atoms with Crippen LogP contribution >= 0.6 is 0 Å². The molecular formula is C53H49F2N7O5. The maximum Gasteiger partial charge on any atom is 0.410 e. The number of carbonyl (C=O) groups is 3. The Morgan fingerprint density at radius 2 is 1.30 bits per heavy atom. The highest BCUT2D eigenvalue weighted by molar-refractivity contribution is 6.03. The molecule has 0 radical (unpaired) electrons. The number of H-pyrrole nitrogens is 1. The first kappa shape index (κ1) is 40.6. The van der Waals surface area contributed by atoms with Crippen LogP contribution in [-0.2, 0) is 41.3 Å². The normalized spacial score (nSPS) is 20.6. The van der Waals surface area contributed by atoms with E-state index in [9.17, 15) is 23.2 Å². The van der Waals surface area contributed by atoms with Crippen molar-refractivity contribution in [2.45, 2.75) is 99.6 Å². The number of benzene rings is 2. The van der Waals surface area contributed by atoms with Crippen molar-refractivity contribution >= 4 is 17.9 Å². The topological polar surface area (TPSA) is 154 Å². The first-order valence-electron chi connectivity index (χ1n) is 23.5. The Hall–Kier alpha value is -6.67. The standard InChI is InChI=1S/C29H29FN4O3.C24H20FN3O2/c1-27(2,3)37-26(36)34-14-28(15-34)24-22(25(35)33-29(28)9-10-29)19-8-7-17-13-31-21(12-20(17)23(19)32-24)16-5-4-6-18(30)11-16;25-15-3-1-2-13(8-15)18-9-17-14(10-27-18)4-5-16-19-21(30-20(16)17)23(11-26-12-23)24(6-7-24)28-22(19)29/h4-6,11-13,32H,7-10,14-15H2,1-3H3,(H,33,35);1-3,8-10,26H,4-7,11-12H2,(H,28,29). The number of amides is 3. The quantitative estimate of drug-likeness (QED) is 0.136. The number of aromatic nitrogens is 3. The average molecular weight is 902 g/mol. The minimum Gasteiger partial charge on any atom is -0.459 e. The van der Waals surface area contributed by atoms with Gasteiger partial charge in [-0.3, -0.25) is 19.6 Å². The Morgan fingerprint density at radius 3 is 1.87 bits per heavy atom. The van der Waals surface area contributed by atoms with Crippen LogP contribution < -0.4 is 16.0 Å². The molecule has 0 bridgehead atoms. The second-order valence-corrected chi connectivity index (χ2v) is 21.0. The van der Waals surface area contributed by atoms with E-state index in [0.29, 0.717) is 30.0 Å². The number of pyridine rings is 2. The number of furan rings is 1. The average Bonchev–Trinajstić information content (AvgIpc) is 4.13. The van der Waals surface area contributed by atoms with E-state index in [1.807, 2.05) is 57.4 Å². The third-order valence-corrected chi connectivity index (χ3v) is 16.0. The number of nitrogens with one attached hydrogen (secondary N) is 4. The molecule has 8 aliphatic rings. The summed E-state index contributed by atoms with van der Waals surface area (Å²) in [5, 5.41) is 10.1. The summed E-state index contributed by atoms with van der Waals surface area (Å²) < 4.78 is 39.8. The van der Waals surface area contributed by atoms with Crippen LogP contribution in [0.2, 0.25) is 0 Å². The molecule has 14 heteroatoms. The third kappa shape index (κ3) is 5.87. The molecule has 14 rings (SSSR count). The van der Waals surface area contributed by atoms with Crippen LogP contribution in [0.4, 0.5) is 13.6 Å². The van der Waals surface area contributed by atoms with E-state index >= 15 is 0 Å². The van der Waals surface area contributed by atoms with Crippen molar-refractivity contribution in [3.63, 3.8) is 0 Å². The van der Waals surface area contributed by atoms with E-state index in [1.165, 1.54) is 24.3 Å². The lowest BCUT2D eigenvalue weighted by Gasteiger charge is -2.56. The van der Waals surface area contributed by atoms with Crippen molar-refractivity contribution in [2.24, 2.45) is 0 Å². The summed E-state index contributed by atoms with van der Waals surface area (Å²) in [6, 6.07) is 16.9. The molecule has 67 heavy (non-hydrogen) atoms. The number of aromatic amines is 1. The number of ether oxygens (including phenoxy) is 1. The molecule has 2 aromatic carbocycles. The molecule has 0 unspecified atom stereocenters. The highest BCUT2D eigenvalue weighted by atomic mass is 19.1. The summed E-state index contributed by atoms with van der Waals surface area (Å²) in [5.41, 5.74) is 10.9. The summed E-state index contributed by atoms with van der Waals surface area (Å²) in [6.07, 6.45) is 10.3. The maximum atomic E-state index is 13.9. The van der Waals surface area contributed by atoms with Gasteiger partial charge in [0.2, 0.25) is 0 Å². The summed E-state index contributed by atoms with van der Waals surface area (Å²) in [4.78, 5) is 53.9. The lowest BCUT2D eigenvalue weighted by molar-refractivity contribution is -0.0240. The van der Waals surface area contributed by atoms with E-state index in [2.05, 4.69) is 30.9 Å². The summed E-state index contributed by atoms with van der Waals surface area (Å²) in [5.74, 6) is 1.04. The number of carbonyl (C=O) groups excluding carboxylic acids is 3. The van der Waals surface area contributed by atoms with Crippen LogP contribution in [0.15, 0.2) is 77.5 Å². The van der Waals surface area contributed by atoms with Gasteiger partial charge in [0, 0.05) is 72.1 Å². The van der Waals surface area contributed by atoms with Gasteiger partial charge in [0.1, 0.15) is 28.8 Å². The molecule has 4 aliphatic carbocycles. The predicted octanol–water partition coefficient (Wildman–Crippen LogP) is 8.11. The molecule has 4 aliphatic heterocycles. The minimum absolute atomic E-state index is 0.00730. The lowest BCUT2D eigenvalue weighted by Crippen LogP contribution is -2.73. The van der Waals surface area contributed by atoms with Gasteiger partial charge < -0.3 is 35.0 Å². The second-order valence-electron chi connectivity index (χ2n) is 21.0. The van der Waals surface area contributed by atoms with Gasteiger partial charge in [-0.05, 0) is 125 Å². The number of aryl methyl sites for hydroxylation is 2. The van der Waals surface area contributed by atoms with E-state index in [1.54, 1.807) is 17.0 Å². The SMILES string of the molecule is CC(C)(C)OC(=O)N1CC2(C1)c1[nH]c3c(c1C(=O)NC21CC1)CCc1cnc(-c2cccc(F)c2)cc1-3.O=C1NC2(CC2)C2(CNC2)c2oc3c(c21)CCc1cnc(-c2cccc(F)c2)cc1-3. The first-order valence-corrected chi connectivity index (χ1v) is 23.5. The molecule has 2 saturated carbocycles. The van der Waals surface area contributed by atoms with Crippen molar-refractivity contribution in [3.8, 4) is 45.1 Å². The van der Waals surface area contributed by atoms with Crippen molar-refractivity contribution in [1.82, 2.24) is 35.8 Å². The van der Waals surface area contributed by atoms with Crippen molar-refractivity contribution in [3.05, 3.63) is 130 Å². The van der Waals surface area contributed by atoms with Gasteiger partial charge in [0.05, 0.1) is 50.1 Å². The summed E-state index contributed by atoms with van der Waals surface area (Å²) >= 11 is 0. The Morgan fingerprint density at radius 1 is 0.731 bits per heavy atom. The number of rotatable bonds is 2. The van der Waals surface area contributed by atoms with Crippen LogP contribution in [0.3, 0.4) is 0 Å². The Balaban J connectivity index is 0.000000136. The number of fused-ring (bicyclic) bond motifs is 14. The fraction of sp³-hybridized carbons (Fsp3) is 0.377. The molecule has 0 atom stereocenters. The molecule has 4 fully saturated rings.